The van der Waals surface area contributed by atoms with Gasteiger partial charge >= 0.3 is 0 Å². The molecule has 0 bridgehead atoms. The Balaban J connectivity index is 1.81. The maximum Gasteiger partial charge on any atom is 0.247 e. The number of hydrogen-bond acceptors (Lipinski definition) is 5. The minimum Gasteiger partial charge on any atom is -0.475 e. The summed E-state index contributed by atoms with van der Waals surface area (Å²) in [6.07, 6.45) is 3.36. The van der Waals surface area contributed by atoms with Gasteiger partial charge in [-0.2, -0.15) is 0 Å². The van der Waals surface area contributed by atoms with E-state index in [1.807, 2.05) is 56.4 Å². The molecule has 4 aromatic rings. The van der Waals surface area contributed by atoms with Crippen molar-refractivity contribution < 1.29 is 9.15 Å². The number of nitrogens with one attached hydrogen (secondary N) is 1. The number of aromatic amines is 1. The van der Waals surface area contributed by atoms with Crippen LogP contribution in [0.4, 0.5) is 0 Å². The molecule has 3 aromatic heterocycles. The van der Waals surface area contributed by atoms with E-state index in [1.54, 1.807) is 0 Å². The molecule has 6 nitrogen and oxygen atoms in total. The number of hydrogen-bond donors (Lipinski definition) is 1. The lowest BCUT2D eigenvalue weighted by molar-refractivity contribution is 0.233. The van der Waals surface area contributed by atoms with Gasteiger partial charge in [0.2, 0.25) is 18.2 Å². The van der Waals surface area contributed by atoms with Crippen molar-refractivity contribution in [1.82, 2.24) is 20.2 Å². The molecular formula is C18H16N4O2. The number of rotatable bonds is 4. The number of H-pyrrole nitrogens is 1. The topological polar surface area (TPSA) is 76.8 Å². The molecule has 0 spiro atoms. The Morgan fingerprint density at radius 1 is 1.17 bits per heavy atom. The fourth-order valence-corrected chi connectivity index (χ4v) is 2.64. The van der Waals surface area contributed by atoms with Crippen LogP contribution >= 0.6 is 0 Å². The van der Waals surface area contributed by atoms with Crippen LogP contribution in [-0.2, 0) is 0 Å². The van der Waals surface area contributed by atoms with Gasteiger partial charge in [-0.05, 0) is 38.1 Å². The highest BCUT2D eigenvalue weighted by Crippen LogP contribution is 2.31. The van der Waals surface area contributed by atoms with Crippen LogP contribution in [0, 0.1) is 0 Å². The molecule has 0 saturated carbocycles. The highest BCUT2D eigenvalue weighted by molar-refractivity contribution is 5.96. The van der Waals surface area contributed by atoms with Gasteiger partial charge < -0.3 is 14.1 Å². The predicted molar refractivity (Wildman–Crippen MR) is 90.6 cm³/mol. The first-order chi connectivity index (χ1) is 11.7. The van der Waals surface area contributed by atoms with Crippen LogP contribution in [0.3, 0.4) is 0 Å². The van der Waals surface area contributed by atoms with Gasteiger partial charge in [0.05, 0.1) is 11.8 Å². The van der Waals surface area contributed by atoms with Gasteiger partial charge in [0.15, 0.2) is 0 Å². The fourth-order valence-electron chi connectivity index (χ4n) is 2.64. The van der Waals surface area contributed by atoms with E-state index < -0.39 is 0 Å². The lowest BCUT2D eigenvalue weighted by Crippen LogP contribution is -2.06. The molecule has 4 rings (SSSR count). The van der Waals surface area contributed by atoms with E-state index in [0.717, 1.165) is 27.7 Å². The first-order valence-electron chi connectivity index (χ1n) is 7.72. The Morgan fingerprint density at radius 2 is 2.08 bits per heavy atom. The van der Waals surface area contributed by atoms with Crippen LogP contribution in [0.25, 0.3) is 33.6 Å². The van der Waals surface area contributed by atoms with Crippen molar-refractivity contribution in [3.8, 4) is 28.6 Å². The summed E-state index contributed by atoms with van der Waals surface area (Å²) in [4.78, 5) is 7.88. The molecule has 24 heavy (non-hydrogen) atoms. The molecule has 0 fully saturated rings. The fraction of sp³-hybridized carbons (Fsp3) is 0.167. The minimum absolute atomic E-state index is 0.0832. The van der Waals surface area contributed by atoms with Crippen molar-refractivity contribution >= 4 is 10.9 Å². The molecule has 0 saturated heterocycles. The molecule has 1 aromatic carbocycles. The molecule has 6 heteroatoms. The highest BCUT2D eigenvalue weighted by Gasteiger charge is 2.12. The summed E-state index contributed by atoms with van der Waals surface area (Å²) in [7, 11) is 0. The molecule has 0 atom stereocenters. The molecule has 0 amide bonds. The number of nitrogens with zero attached hydrogens (tertiary/aromatic N) is 3. The van der Waals surface area contributed by atoms with Crippen molar-refractivity contribution in [2.75, 3.05) is 0 Å². The summed E-state index contributed by atoms with van der Waals surface area (Å²) < 4.78 is 11.0. The predicted octanol–water partition coefficient (Wildman–Crippen LogP) is 4.07. The summed E-state index contributed by atoms with van der Waals surface area (Å²) in [5.41, 5.74) is 3.74. The normalized spacial score (nSPS) is 11.3. The van der Waals surface area contributed by atoms with Crippen LogP contribution in [-0.4, -0.2) is 26.3 Å². The quantitative estimate of drug-likeness (QED) is 0.613. The van der Waals surface area contributed by atoms with Gasteiger partial charge in [-0.3, -0.25) is 0 Å². The van der Waals surface area contributed by atoms with Gasteiger partial charge in [-0.15, -0.1) is 10.2 Å². The Hall–Kier alpha value is -3.15. The summed E-state index contributed by atoms with van der Waals surface area (Å²) in [6, 6.07) is 11.7. The first kappa shape index (κ1) is 14.4. The van der Waals surface area contributed by atoms with Gasteiger partial charge in [0.25, 0.3) is 0 Å². The molecule has 3 heterocycles. The number of ether oxygens (including phenoxy) is 1. The Labute approximate surface area is 138 Å². The van der Waals surface area contributed by atoms with Crippen LogP contribution in [0.2, 0.25) is 0 Å². The lowest BCUT2D eigenvalue weighted by Gasteiger charge is -2.09. The maximum atomic E-state index is 5.69. The summed E-state index contributed by atoms with van der Waals surface area (Å²) in [6.45, 7) is 3.97. The van der Waals surface area contributed by atoms with E-state index in [9.17, 15) is 0 Å². The van der Waals surface area contributed by atoms with E-state index in [0.29, 0.717) is 11.8 Å². The monoisotopic (exact) mass is 320 g/mol. The zero-order chi connectivity index (χ0) is 16.5. The second kappa shape index (κ2) is 5.81. The average molecular weight is 320 g/mol. The average Bonchev–Trinajstić information content (AvgIpc) is 3.23. The number of fused-ring (bicyclic) bond motifs is 1. The van der Waals surface area contributed by atoms with Crippen LogP contribution in [0.1, 0.15) is 13.8 Å². The van der Waals surface area contributed by atoms with Crippen molar-refractivity contribution in [2.24, 2.45) is 0 Å². The van der Waals surface area contributed by atoms with Crippen LogP contribution in [0.15, 0.2) is 53.4 Å². The first-order valence-corrected chi connectivity index (χ1v) is 7.72. The summed E-state index contributed by atoms with van der Waals surface area (Å²) >= 11 is 0. The molecular weight excluding hydrogens is 304 g/mol. The third kappa shape index (κ3) is 2.62. The maximum absolute atomic E-state index is 5.69. The Kier molecular flexibility index (Phi) is 3.49. The summed E-state index contributed by atoms with van der Waals surface area (Å²) in [5, 5.41) is 8.74. The Morgan fingerprint density at radius 3 is 2.88 bits per heavy atom. The molecule has 0 unspecified atom stereocenters. The Bertz CT molecular complexity index is 974. The second-order valence-electron chi connectivity index (χ2n) is 5.73. The van der Waals surface area contributed by atoms with E-state index in [1.165, 1.54) is 6.39 Å². The zero-order valence-corrected chi connectivity index (χ0v) is 13.4. The molecule has 0 aliphatic heterocycles. The van der Waals surface area contributed by atoms with Crippen molar-refractivity contribution in [1.29, 1.82) is 0 Å². The SMILES string of the molecule is CC(C)Oc1cccc(-c2c[nH]c3ccc(-c4nnco4)cc23)n1. The smallest absolute Gasteiger partial charge is 0.247 e. The summed E-state index contributed by atoms with van der Waals surface area (Å²) in [5.74, 6) is 1.11. The minimum atomic E-state index is 0.0832. The number of aromatic nitrogens is 4. The second-order valence-corrected chi connectivity index (χ2v) is 5.73. The van der Waals surface area contributed by atoms with Crippen molar-refractivity contribution in [2.45, 2.75) is 20.0 Å². The van der Waals surface area contributed by atoms with Gasteiger partial charge in [-0.25, -0.2) is 4.98 Å². The van der Waals surface area contributed by atoms with Gasteiger partial charge in [0, 0.05) is 34.3 Å². The van der Waals surface area contributed by atoms with E-state index in [4.69, 9.17) is 9.15 Å². The third-order valence-corrected chi connectivity index (χ3v) is 3.64. The zero-order valence-electron chi connectivity index (χ0n) is 13.4. The molecule has 1 N–H and O–H groups in total. The van der Waals surface area contributed by atoms with E-state index >= 15 is 0 Å². The molecule has 120 valence electrons. The third-order valence-electron chi connectivity index (χ3n) is 3.64. The van der Waals surface area contributed by atoms with Gasteiger partial charge in [-0.1, -0.05) is 6.07 Å². The number of pyridine rings is 1. The molecule has 0 radical (unpaired) electrons. The van der Waals surface area contributed by atoms with Crippen molar-refractivity contribution in [3.63, 3.8) is 0 Å². The lowest BCUT2D eigenvalue weighted by atomic mass is 10.1. The molecule has 0 aliphatic rings. The standard InChI is InChI=1S/C18H16N4O2/c1-11(2)24-17-5-3-4-16(21-17)14-9-19-15-7-6-12(8-13(14)15)18-22-20-10-23-18/h3-11,19H,1-2H3. The van der Waals surface area contributed by atoms with Crippen LogP contribution < -0.4 is 4.74 Å². The highest BCUT2D eigenvalue weighted by atomic mass is 16.5. The van der Waals surface area contributed by atoms with Crippen molar-refractivity contribution in [3.05, 3.63) is 49.0 Å². The molecule has 0 aliphatic carbocycles. The largest absolute Gasteiger partial charge is 0.475 e. The van der Waals surface area contributed by atoms with E-state index in [-0.39, 0.29) is 6.10 Å². The van der Waals surface area contributed by atoms with Crippen LogP contribution in [0.5, 0.6) is 5.88 Å². The van der Waals surface area contributed by atoms with Gasteiger partial charge in [0.1, 0.15) is 0 Å². The van der Waals surface area contributed by atoms with E-state index in [2.05, 4.69) is 20.2 Å². The number of benzene rings is 1.